The number of carbonyl (C=O) groups is 2. The van der Waals surface area contributed by atoms with E-state index in [9.17, 15) is 9.59 Å². The number of carbonyl (C=O) groups excluding carboxylic acids is 2. The first-order valence-electron chi connectivity index (χ1n) is 9.75. The van der Waals surface area contributed by atoms with Crippen LogP contribution in [0.4, 0.5) is 4.79 Å². The number of likely N-dealkylation sites (tertiary alicyclic amines) is 1. The molecule has 1 N–H and O–H groups in total. The fourth-order valence-corrected chi connectivity index (χ4v) is 3.86. The van der Waals surface area contributed by atoms with Crippen LogP contribution in [0.2, 0.25) is 0 Å². The Bertz CT molecular complexity index is 723. The van der Waals surface area contributed by atoms with Crippen LogP contribution in [0, 0.1) is 0 Å². The molecular formula is C20H26N2O5. The fourth-order valence-electron chi connectivity index (χ4n) is 3.86. The minimum Gasteiger partial charge on any atom is -0.486 e. The zero-order valence-electron chi connectivity index (χ0n) is 15.7. The van der Waals surface area contributed by atoms with Crippen LogP contribution in [0.1, 0.15) is 38.2 Å². The molecular weight excluding hydrogens is 348 g/mol. The second kappa shape index (κ2) is 7.29. The molecule has 7 nitrogen and oxygen atoms in total. The van der Waals surface area contributed by atoms with E-state index >= 15 is 0 Å². The second-order valence-corrected chi connectivity index (χ2v) is 7.37. The fraction of sp³-hybridized carbons (Fsp3) is 0.600. The van der Waals surface area contributed by atoms with E-state index in [0.29, 0.717) is 32.9 Å². The zero-order valence-corrected chi connectivity index (χ0v) is 15.7. The van der Waals surface area contributed by atoms with Gasteiger partial charge in [0, 0.05) is 19.1 Å². The first-order valence-corrected chi connectivity index (χ1v) is 9.75. The highest BCUT2D eigenvalue weighted by atomic mass is 16.6. The molecule has 146 valence electrons. The lowest BCUT2D eigenvalue weighted by Gasteiger charge is -2.32. The Morgan fingerprint density at radius 2 is 1.89 bits per heavy atom. The number of hydrogen-bond donors (Lipinski definition) is 1. The van der Waals surface area contributed by atoms with Crippen LogP contribution in [0.3, 0.4) is 0 Å². The largest absolute Gasteiger partial charge is 0.486 e. The Labute approximate surface area is 158 Å². The number of rotatable bonds is 4. The van der Waals surface area contributed by atoms with Gasteiger partial charge >= 0.3 is 6.09 Å². The van der Waals surface area contributed by atoms with Crippen LogP contribution in [0.5, 0.6) is 11.5 Å². The van der Waals surface area contributed by atoms with E-state index in [-0.39, 0.29) is 18.0 Å². The van der Waals surface area contributed by atoms with E-state index < -0.39 is 5.41 Å². The Balaban J connectivity index is 1.37. The Morgan fingerprint density at radius 1 is 1.19 bits per heavy atom. The van der Waals surface area contributed by atoms with Crippen molar-refractivity contribution in [2.45, 2.75) is 44.1 Å². The van der Waals surface area contributed by atoms with Crippen LogP contribution < -0.4 is 14.8 Å². The number of fused-ring (bicyclic) bond motifs is 1. The van der Waals surface area contributed by atoms with Crippen molar-refractivity contribution in [3.05, 3.63) is 23.8 Å². The predicted octanol–water partition coefficient (Wildman–Crippen LogP) is 2.23. The van der Waals surface area contributed by atoms with E-state index in [1.807, 2.05) is 18.2 Å². The van der Waals surface area contributed by atoms with E-state index in [1.165, 1.54) is 0 Å². The molecule has 2 amide bonds. The normalized spacial score (nSPS) is 20.7. The van der Waals surface area contributed by atoms with Crippen molar-refractivity contribution < 1.29 is 23.8 Å². The molecule has 0 radical (unpaired) electrons. The molecule has 1 saturated carbocycles. The van der Waals surface area contributed by atoms with Crippen LogP contribution in [-0.4, -0.2) is 55.9 Å². The quantitative estimate of drug-likeness (QED) is 0.875. The van der Waals surface area contributed by atoms with Crippen molar-refractivity contribution in [1.82, 2.24) is 10.2 Å². The van der Waals surface area contributed by atoms with Crippen molar-refractivity contribution in [3.8, 4) is 11.5 Å². The van der Waals surface area contributed by atoms with Gasteiger partial charge in [0.25, 0.3) is 0 Å². The molecule has 2 heterocycles. The summed E-state index contributed by atoms with van der Waals surface area (Å²) in [6.45, 7) is 4.50. The van der Waals surface area contributed by atoms with Crippen molar-refractivity contribution >= 4 is 12.0 Å². The molecule has 0 atom stereocenters. The average molecular weight is 374 g/mol. The van der Waals surface area contributed by atoms with E-state index in [4.69, 9.17) is 14.2 Å². The van der Waals surface area contributed by atoms with Gasteiger partial charge in [-0.3, -0.25) is 4.79 Å². The molecule has 0 unspecified atom stereocenters. The average Bonchev–Trinajstić information content (AvgIpc) is 3.50. The van der Waals surface area contributed by atoms with Gasteiger partial charge in [0.05, 0.1) is 12.0 Å². The summed E-state index contributed by atoms with van der Waals surface area (Å²) in [6.07, 6.45) is 2.93. The highest BCUT2D eigenvalue weighted by Gasteiger charge is 2.52. The van der Waals surface area contributed by atoms with Crippen molar-refractivity contribution in [2.24, 2.45) is 0 Å². The minimum atomic E-state index is -0.450. The standard InChI is InChI=1S/C20H26N2O5/c1-2-25-19(24)22-9-5-15(6-10-22)21-18(23)20(7-8-20)14-3-4-16-17(13-14)27-12-11-26-16/h3-4,13,15H,2,5-12H2,1H3,(H,21,23). The van der Waals surface area contributed by atoms with Gasteiger partial charge in [-0.1, -0.05) is 6.07 Å². The molecule has 27 heavy (non-hydrogen) atoms. The molecule has 4 rings (SSSR count). The molecule has 0 bridgehead atoms. The molecule has 0 spiro atoms. The lowest BCUT2D eigenvalue weighted by molar-refractivity contribution is -0.124. The van der Waals surface area contributed by atoms with Gasteiger partial charge in [-0.15, -0.1) is 0 Å². The van der Waals surface area contributed by atoms with Gasteiger partial charge in [0.2, 0.25) is 5.91 Å². The first kappa shape index (κ1) is 17.9. The van der Waals surface area contributed by atoms with Crippen LogP contribution in [0.15, 0.2) is 18.2 Å². The van der Waals surface area contributed by atoms with E-state index in [0.717, 1.165) is 42.7 Å². The number of amides is 2. The number of ether oxygens (including phenoxy) is 3. The monoisotopic (exact) mass is 374 g/mol. The summed E-state index contributed by atoms with van der Waals surface area (Å²) >= 11 is 0. The molecule has 1 saturated heterocycles. The molecule has 1 aromatic carbocycles. The summed E-state index contributed by atoms with van der Waals surface area (Å²) < 4.78 is 16.3. The maximum absolute atomic E-state index is 13.0. The molecule has 2 aliphatic heterocycles. The van der Waals surface area contributed by atoms with Crippen molar-refractivity contribution in [1.29, 1.82) is 0 Å². The molecule has 1 aromatic rings. The zero-order chi connectivity index (χ0) is 18.9. The van der Waals surface area contributed by atoms with Gasteiger partial charge in [-0.05, 0) is 50.3 Å². The molecule has 7 heteroatoms. The van der Waals surface area contributed by atoms with Crippen molar-refractivity contribution in [2.75, 3.05) is 32.9 Å². The predicted molar refractivity (Wildman–Crippen MR) is 98.1 cm³/mol. The second-order valence-electron chi connectivity index (χ2n) is 7.37. The summed E-state index contributed by atoms with van der Waals surface area (Å²) in [5.74, 6) is 1.54. The van der Waals surface area contributed by atoms with Gasteiger partial charge < -0.3 is 24.4 Å². The maximum atomic E-state index is 13.0. The summed E-state index contributed by atoms with van der Waals surface area (Å²) in [4.78, 5) is 26.5. The summed E-state index contributed by atoms with van der Waals surface area (Å²) in [6, 6.07) is 5.92. The maximum Gasteiger partial charge on any atom is 0.409 e. The third-order valence-electron chi connectivity index (χ3n) is 5.64. The van der Waals surface area contributed by atoms with Crippen LogP contribution in [-0.2, 0) is 14.9 Å². The highest BCUT2D eigenvalue weighted by molar-refractivity contribution is 5.91. The smallest absolute Gasteiger partial charge is 0.409 e. The molecule has 2 fully saturated rings. The van der Waals surface area contributed by atoms with Gasteiger partial charge in [0.1, 0.15) is 13.2 Å². The summed E-state index contributed by atoms with van der Waals surface area (Å²) in [7, 11) is 0. The topological polar surface area (TPSA) is 77.1 Å². The lowest BCUT2D eigenvalue weighted by Crippen LogP contribution is -2.49. The minimum absolute atomic E-state index is 0.0776. The van der Waals surface area contributed by atoms with E-state index in [2.05, 4.69) is 5.32 Å². The Hall–Kier alpha value is -2.44. The first-order chi connectivity index (χ1) is 13.1. The van der Waals surface area contributed by atoms with Crippen molar-refractivity contribution in [3.63, 3.8) is 0 Å². The summed E-state index contributed by atoms with van der Waals surface area (Å²) in [5.41, 5.74) is 0.543. The molecule has 1 aliphatic carbocycles. The SMILES string of the molecule is CCOC(=O)N1CCC(NC(=O)C2(c3ccc4c(c3)OCCO4)CC2)CC1. The number of nitrogens with one attached hydrogen (secondary N) is 1. The van der Waals surface area contributed by atoms with Crippen LogP contribution >= 0.6 is 0 Å². The lowest BCUT2D eigenvalue weighted by atomic mass is 9.93. The van der Waals surface area contributed by atoms with Gasteiger partial charge in [0.15, 0.2) is 11.5 Å². The number of hydrogen-bond acceptors (Lipinski definition) is 5. The number of piperidine rings is 1. The third-order valence-corrected chi connectivity index (χ3v) is 5.64. The molecule has 0 aromatic heterocycles. The Kier molecular flexibility index (Phi) is 4.85. The third kappa shape index (κ3) is 3.55. The van der Waals surface area contributed by atoms with E-state index in [1.54, 1.807) is 11.8 Å². The summed E-state index contributed by atoms with van der Waals surface area (Å²) in [5, 5.41) is 3.20. The highest BCUT2D eigenvalue weighted by Crippen LogP contribution is 2.50. The van der Waals surface area contributed by atoms with Gasteiger partial charge in [-0.25, -0.2) is 4.79 Å². The molecule has 3 aliphatic rings. The number of benzene rings is 1. The van der Waals surface area contributed by atoms with Gasteiger partial charge in [-0.2, -0.15) is 0 Å². The number of nitrogens with zero attached hydrogens (tertiary/aromatic N) is 1. The Morgan fingerprint density at radius 3 is 2.56 bits per heavy atom. The van der Waals surface area contributed by atoms with Crippen LogP contribution in [0.25, 0.3) is 0 Å².